The van der Waals surface area contributed by atoms with Crippen molar-refractivity contribution >= 4 is 28.8 Å². The Morgan fingerprint density at radius 2 is 1.58 bits per heavy atom. The topological polar surface area (TPSA) is 70.6 Å². The molecule has 1 amide bonds. The summed E-state index contributed by atoms with van der Waals surface area (Å²) in [4.78, 5) is 21.6. The van der Waals surface area contributed by atoms with Crippen molar-refractivity contribution in [2.75, 3.05) is 10.7 Å². The molecule has 1 aromatic rings. The Kier molecular flexibility index (Phi) is 5.47. The highest BCUT2D eigenvalue weighted by Crippen LogP contribution is 2.13. The van der Waals surface area contributed by atoms with Crippen LogP contribution in [0.3, 0.4) is 0 Å². The highest BCUT2D eigenvalue weighted by molar-refractivity contribution is 5.99. The number of hydrogen-bond acceptors (Lipinski definition) is 4. The molecule has 0 aliphatic carbocycles. The van der Waals surface area contributed by atoms with Gasteiger partial charge in [0, 0.05) is 12.6 Å². The van der Waals surface area contributed by atoms with E-state index in [1.807, 2.05) is 0 Å². The van der Waals surface area contributed by atoms with Gasteiger partial charge in [-0.05, 0) is 50.3 Å². The molecule has 0 spiro atoms. The van der Waals surface area contributed by atoms with E-state index < -0.39 is 0 Å². The van der Waals surface area contributed by atoms with Crippen molar-refractivity contribution in [3.05, 3.63) is 36.4 Å². The monoisotopic (exact) mass is 259 g/mol. The fraction of sp³-hybridized carbons (Fsp3) is 0.214. The number of allylic oxidation sites excluding steroid dienone is 2. The van der Waals surface area contributed by atoms with Crippen molar-refractivity contribution in [3.8, 4) is 0 Å². The molecule has 1 aromatic carbocycles. The summed E-state index contributed by atoms with van der Waals surface area (Å²) in [7, 11) is 0. The van der Waals surface area contributed by atoms with Crippen molar-refractivity contribution in [2.45, 2.75) is 20.8 Å². The van der Waals surface area contributed by atoms with E-state index >= 15 is 0 Å². The summed E-state index contributed by atoms with van der Waals surface area (Å²) in [6, 6.07) is 7.16. The molecular weight excluding hydrogens is 242 g/mol. The first kappa shape index (κ1) is 14.6. The Morgan fingerprint density at radius 1 is 1.00 bits per heavy atom. The maximum atomic E-state index is 10.9. The van der Waals surface area contributed by atoms with Gasteiger partial charge >= 0.3 is 0 Å². The summed E-state index contributed by atoms with van der Waals surface area (Å²) in [6.45, 7) is 4.73. The lowest BCUT2D eigenvalue weighted by molar-refractivity contribution is -0.114. The van der Waals surface area contributed by atoms with Crippen molar-refractivity contribution in [2.24, 2.45) is 5.10 Å². The molecule has 2 N–H and O–H groups in total. The predicted octanol–water partition coefficient (Wildman–Crippen LogP) is 2.58. The van der Waals surface area contributed by atoms with Gasteiger partial charge in [-0.3, -0.25) is 15.0 Å². The Morgan fingerprint density at radius 3 is 2.11 bits per heavy atom. The molecule has 0 radical (unpaired) electrons. The molecule has 0 saturated carbocycles. The zero-order valence-corrected chi connectivity index (χ0v) is 11.2. The number of nitrogens with one attached hydrogen (secondary N) is 2. The highest BCUT2D eigenvalue weighted by atomic mass is 16.1. The number of ketones is 1. The third-order valence-corrected chi connectivity index (χ3v) is 2.13. The average molecular weight is 259 g/mol. The van der Waals surface area contributed by atoms with Crippen LogP contribution in [-0.2, 0) is 9.59 Å². The lowest BCUT2D eigenvalue weighted by atomic mass is 10.3. The quantitative estimate of drug-likeness (QED) is 0.485. The minimum atomic E-state index is -0.107. The van der Waals surface area contributed by atoms with Crippen LogP contribution in [-0.4, -0.2) is 17.4 Å². The number of hydrogen-bond donors (Lipinski definition) is 2. The van der Waals surface area contributed by atoms with Gasteiger partial charge in [0.2, 0.25) is 5.91 Å². The molecule has 5 heteroatoms. The van der Waals surface area contributed by atoms with Gasteiger partial charge in [0.1, 0.15) is 0 Å². The summed E-state index contributed by atoms with van der Waals surface area (Å²) >= 11 is 0. The van der Waals surface area contributed by atoms with Crippen molar-refractivity contribution in [1.82, 2.24) is 0 Å². The molecule has 0 aliphatic rings. The Bertz CT molecular complexity index is 516. The van der Waals surface area contributed by atoms with Crippen LogP contribution in [0, 0.1) is 0 Å². The summed E-state index contributed by atoms with van der Waals surface area (Å²) in [5.41, 5.74) is 5.08. The van der Waals surface area contributed by atoms with Crippen LogP contribution in [0.5, 0.6) is 0 Å². The zero-order chi connectivity index (χ0) is 14.3. The summed E-state index contributed by atoms with van der Waals surface area (Å²) in [5, 5.41) is 6.78. The van der Waals surface area contributed by atoms with Gasteiger partial charge in [-0.1, -0.05) is 0 Å². The minimum Gasteiger partial charge on any atom is -0.326 e. The van der Waals surface area contributed by atoms with Crippen LogP contribution in [0.15, 0.2) is 41.5 Å². The standard InChI is InChI=1S/C14H17N3O2/c1-10(4-5-11(2)18)16-17-14-8-6-13(7-9-14)15-12(3)19/h4-9,17H,1-3H3,(H,15,19). The smallest absolute Gasteiger partial charge is 0.221 e. The normalized spacial score (nSPS) is 11.4. The Hall–Kier alpha value is -2.43. The van der Waals surface area contributed by atoms with E-state index in [-0.39, 0.29) is 11.7 Å². The van der Waals surface area contributed by atoms with Crippen LogP contribution >= 0.6 is 0 Å². The summed E-state index contributed by atoms with van der Waals surface area (Å²) in [5.74, 6) is -0.127. The van der Waals surface area contributed by atoms with Crippen LogP contribution in [0.4, 0.5) is 11.4 Å². The minimum absolute atomic E-state index is 0.0192. The van der Waals surface area contributed by atoms with Gasteiger partial charge in [-0.25, -0.2) is 0 Å². The zero-order valence-electron chi connectivity index (χ0n) is 11.2. The van der Waals surface area contributed by atoms with Gasteiger partial charge in [0.25, 0.3) is 0 Å². The van der Waals surface area contributed by atoms with Crippen LogP contribution in [0.25, 0.3) is 0 Å². The van der Waals surface area contributed by atoms with E-state index in [4.69, 9.17) is 0 Å². The molecule has 1 rings (SSSR count). The van der Waals surface area contributed by atoms with Crippen LogP contribution in [0.1, 0.15) is 20.8 Å². The molecular formula is C14H17N3O2. The number of carbonyl (C=O) groups excluding carboxylic acids is 2. The molecule has 0 heterocycles. The largest absolute Gasteiger partial charge is 0.326 e. The van der Waals surface area contributed by atoms with Gasteiger partial charge in [0.15, 0.2) is 5.78 Å². The number of anilines is 2. The van der Waals surface area contributed by atoms with E-state index in [0.29, 0.717) is 5.71 Å². The number of amides is 1. The summed E-state index contributed by atoms with van der Waals surface area (Å²) in [6.07, 6.45) is 3.10. The van der Waals surface area contributed by atoms with E-state index in [1.54, 1.807) is 37.3 Å². The van der Waals surface area contributed by atoms with E-state index in [0.717, 1.165) is 11.4 Å². The maximum Gasteiger partial charge on any atom is 0.221 e. The molecule has 5 nitrogen and oxygen atoms in total. The molecule has 0 aliphatic heterocycles. The molecule has 0 fully saturated rings. The molecule has 0 saturated heterocycles. The molecule has 100 valence electrons. The lowest BCUT2D eigenvalue weighted by Crippen LogP contribution is -2.05. The fourth-order valence-corrected chi connectivity index (χ4v) is 1.26. The summed E-state index contributed by atoms with van der Waals surface area (Å²) < 4.78 is 0. The first-order chi connectivity index (χ1) is 8.97. The number of rotatable bonds is 5. The maximum absolute atomic E-state index is 10.9. The number of hydrazone groups is 1. The number of carbonyl (C=O) groups is 2. The van der Waals surface area contributed by atoms with Gasteiger partial charge in [-0.15, -0.1) is 0 Å². The van der Waals surface area contributed by atoms with Crippen molar-refractivity contribution < 1.29 is 9.59 Å². The highest BCUT2D eigenvalue weighted by Gasteiger charge is 1.95. The third kappa shape index (κ3) is 6.16. The van der Waals surface area contributed by atoms with Gasteiger partial charge in [0.05, 0.1) is 11.4 Å². The second kappa shape index (κ2) is 7.10. The fourth-order valence-electron chi connectivity index (χ4n) is 1.26. The van der Waals surface area contributed by atoms with Crippen molar-refractivity contribution in [1.29, 1.82) is 0 Å². The van der Waals surface area contributed by atoms with Gasteiger partial charge < -0.3 is 5.32 Å². The predicted molar refractivity (Wildman–Crippen MR) is 77.3 cm³/mol. The number of nitrogens with zero attached hydrogens (tertiary/aromatic N) is 1. The second-order valence-corrected chi connectivity index (χ2v) is 4.07. The first-order valence-corrected chi connectivity index (χ1v) is 5.84. The van der Waals surface area contributed by atoms with Crippen LogP contribution < -0.4 is 10.7 Å². The van der Waals surface area contributed by atoms with E-state index in [9.17, 15) is 9.59 Å². The molecule has 0 atom stereocenters. The molecule has 19 heavy (non-hydrogen) atoms. The SMILES string of the molecule is CC(=O)C=CC(C)=NNc1ccc(NC(C)=O)cc1. The van der Waals surface area contributed by atoms with E-state index in [1.165, 1.54) is 19.9 Å². The first-order valence-electron chi connectivity index (χ1n) is 5.84. The van der Waals surface area contributed by atoms with Gasteiger partial charge in [-0.2, -0.15) is 5.10 Å². The second-order valence-electron chi connectivity index (χ2n) is 4.07. The lowest BCUT2D eigenvalue weighted by Gasteiger charge is -2.04. The average Bonchev–Trinajstić information content (AvgIpc) is 2.35. The molecule has 0 bridgehead atoms. The number of benzene rings is 1. The molecule has 0 unspecified atom stereocenters. The third-order valence-electron chi connectivity index (χ3n) is 2.13. The van der Waals surface area contributed by atoms with Crippen molar-refractivity contribution in [3.63, 3.8) is 0 Å². The van der Waals surface area contributed by atoms with E-state index in [2.05, 4.69) is 15.8 Å². The molecule has 0 aromatic heterocycles. The Balaban J connectivity index is 2.60. The van der Waals surface area contributed by atoms with Crippen LogP contribution in [0.2, 0.25) is 0 Å². The Labute approximate surface area is 112 Å².